The highest BCUT2D eigenvalue weighted by Crippen LogP contribution is 2.19. The van der Waals surface area contributed by atoms with E-state index in [1.807, 2.05) is 13.8 Å². The lowest BCUT2D eigenvalue weighted by Crippen LogP contribution is -2.56. The third-order valence-electron chi connectivity index (χ3n) is 3.59. The highest BCUT2D eigenvalue weighted by molar-refractivity contribution is 5.82. The summed E-state index contributed by atoms with van der Waals surface area (Å²) < 4.78 is 0. The second kappa shape index (κ2) is 5.15. The van der Waals surface area contributed by atoms with Crippen molar-refractivity contribution < 1.29 is 9.90 Å². The lowest BCUT2D eigenvalue weighted by Gasteiger charge is -2.38. The number of carbonyl (C=O) groups is 1. The van der Waals surface area contributed by atoms with Crippen LogP contribution in [0.25, 0.3) is 0 Å². The Bertz CT molecular complexity index is 253. The number of nitrogens with one attached hydrogen (secondary N) is 1. The summed E-state index contributed by atoms with van der Waals surface area (Å²) in [6.07, 6.45) is 2.03. The van der Waals surface area contributed by atoms with Gasteiger partial charge in [0.1, 0.15) is 0 Å². The summed E-state index contributed by atoms with van der Waals surface area (Å²) in [6.45, 7) is 6.81. The Hall–Kier alpha value is -0.610. The molecule has 1 fully saturated rings. The van der Waals surface area contributed by atoms with Gasteiger partial charge in [0.25, 0.3) is 0 Å². The van der Waals surface area contributed by atoms with E-state index < -0.39 is 5.54 Å². The van der Waals surface area contributed by atoms with Gasteiger partial charge in [-0.25, -0.2) is 0 Å². The zero-order valence-electron chi connectivity index (χ0n) is 10.8. The van der Waals surface area contributed by atoms with E-state index in [1.54, 1.807) is 11.9 Å². The van der Waals surface area contributed by atoms with Crippen LogP contribution in [-0.2, 0) is 4.79 Å². The van der Waals surface area contributed by atoms with Crippen molar-refractivity contribution in [3.63, 3.8) is 0 Å². The van der Waals surface area contributed by atoms with Crippen LogP contribution >= 0.6 is 0 Å². The van der Waals surface area contributed by atoms with E-state index in [4.69, 9.17) is 0 Å². The van der Waals surface area contributed by atoms with Crippen LogP contribution in [0.5, 0.6) is 0 Å². The second-order valence-corrected chi connectivity index (χ2v) is 5.50. The molecule has 4 heteroatoms. The molecule has 0 bridgehead atoms. The van der Waals surface area contributed by atoms with Gasteiger partial charge in [-0.05, 0) is 39.2 Å². The summed E-state index contributed by atoms with van der Waals surface area (Å²) in [5.74, 6) is 0.687. The van der Waals surface area contributed by atoms with Crippen molar-refractivity contribution in [2.75, 3.05) is 20.2 Å². The molecule has 94 valence electrons. The molecule has 1 heterocycles. The van der Waals surface area contributed by atoms with Gasteiger partial charge in [0.2, 0.25) is 5.91 Å². The molecular weight excluding hydrogens is 204 g/mol. The molecular formula is C12H24N2O2. The molecule has 0 radical (unpaired) electrons. The highest BCUT2D eigenvalue weighted by atomic mass is 16.3. The number of aliphatic hydroxyl groups is 1. The minimum absolute atomic E-state index is 0.0164. The Kier molecular flexibility index (Phi) is 4.33. The van der Waals surface area contributed by atoms with Gasteiger partial charge in [-0.3, -0.25) is 4.79 Å². The molecule has 2 atom stereocenters. The molecule has 1 aliphatic heterocycles. The molecule has 1 amide bonds. The van der Waals surface area contributed by atoms with Gasteiger partial charge in [-0.2, -0.15) is 0 Å². The van der Waals surface area contributed by atoms with E-state index in [1.165, 1.54) is 0 Å². The van der Waals surface area contributed by atoms with Crippen LogP contribution < -0.4 is 5.32 Å². The van der Waals surface area contributed by atoms with Crippen LogP contribution in [0.1, 0.15) is 33.6 Å². The molecule has 2 unspecified atom stereocenters. The first kappa shape index (κ1) is 13.5. The molecule has 0 aromatic heterocycles. The number of amides is 1. The van der Waals surface area contributed by atoms with E-state index in [2.05, 4.69) is 12.2 Å². The topological polar surface area (TPSA) is 52.6 Å². The predicted molar refractivity (Wildman–Crippen MR) is 64.1 cm³/mol. The molecule has 16 heavy (non-hydrogen) atoms. The van der Waals surface area contributed by atoms with Crippen LogP contribution in [0.15, 0.2) is 0 Å². The zero-order chi connectivity index (χ0) is 12.3. The summed E-state index contributed by atoms with van der Waals surface area (Å²) in [4.78, 5) is 13.9. The Labute approximate surface area is 98.0 Å². The molecule has 1 rings (SSSR count). The number of rotatable bonds is 3. The van der Waals surface area contributed by atoms with Gasteiger partial charge in [0.05, 0.1) is 18.2 Å². The Morgan fingerprint density at radius 3 is 2.69 bits per heavy atom. The summed E-state index contributed by atoms with van der Waals surface area (Å²) in [7, 11) is 1.76. The molecule has 4 nitrogen and oxygen atoms in total. The van der Waals surface area contributed by atoms with E-state index in [-0.39, 0.29) is 18.6 Å². The fraction of sp³-hybridized carbons (Fsp3) is 0.917. The van der Waals surface area contributed by atoms with Crippen molar-refractivity contribution >= 4 is 5.91 Å². The summed E-state index contributed by atoms with van der Waals surface area (Å²) >= 11 is 0. The van der Waals surface area contributed by atoms with Crippen LogP contribution in [0.2, 0.25) is 0 Å². The Balaban J connectivity index is 2.63. The number of carbonyl (C=O) groups excluding carboxylic acids is 1. The van der Waals surface area contributed by atoms with Crippen molar-refractivity contribution in [2.45, 2.75) is 45.2 Å². The van der Waals surface area contributed by atoms with Crippen LogP contribution in [0.4, 0.5) is 0 Å². The van der Waals surface area contributed by atoms with Crippen LogP contribution in [0.3, 0.4) is 0 Å². The molecule has 0 spiro atoms. The first-order chi connectivity index (χ1) is 7.38. The maximum Gasteiger partial charge on any atom is 0.239 e. The van der Waals surface area contributed by atoms with E-state index in [0.29, 0.717) is 5.92 Å². The molecule has 2 N–H and O–H groups in total. The molecule has 0 aromatic rings. The van der Waals surface area contributed by atoms with Crippen molar-refractivity contribution in [3.05, 3.63) is 0 Å². The number of aliphatic hydroxyl groups excluding tert-OH is 1. The molecule has 1 aliphatic rings. The first-order valence-electron chi connectivity index (χ1n) is 6.00. The lowest BCUT2D eigenvalue weighted by atomic mass is 9.92. The SMILES string of the molecule is CC1CCNC(C(=O)N(C)C(C)(C)CO)C1. The van der Waals surface area contributed by atoms with Gasteiger partial charge in [-0.1, -0.05) is 6.92 Å². The number of nitrogens with zero attached hydrogens (tertiary/aromatic N) is 1. The highest BCUT2D eigenvalue weighted by Gasteiger charge is 2.33. The Morgan fingerprint density at radius 1 is 1.56 bits per heavy atom. The number of hydrogen-bond acceptors (Lipinski definition) is 3. The average molecular weight is 228 g/mol. The van der Waals surface area contributed by atoms with Crippen LogP contribution in [0, 0.1) is 5.92 Å². The summed E-state index contributed by atoms with van der Waals surface area (Å²) in [5.41, 5.74) is -0.487. The lowest BCUT2D eigenvalue weighted by molar-refractivity contribution is -0.139. The number of hydrogen-bond donors (Lipinski definition) is 2. The van der Waals surface area contributed by atoms with Crippen LogP contribution in [-0.4, -0.2) is 47.7 Å². The fourth-order valence-electron chi connectivity index (χ4n) is 1.93. The molecule has 1 saturated heterocycles. The molecule has 0 aromatic carbocycles. The minimum Gasteiger partial charge on any atom is -0.394 e. The normalized spacial score (nSPS) is 26.6. The predicted octanol–water partition coefficient (Wildman–Crippen LogP) is 0.604. The number of piperidine rings is 1. The third-order valence-corrected chi connectivity index (χ3v) is 3.59. The quantitative estimate of drug-likeness (QED) is 0.744. The van der Waals surface area contributed by atoms with Crippen molar-refractivity contribution in [1.82, 2.24) is 10.2 Å². The average Bonchev–Trinajstić information content (AvgIpc) is 2.27. The van der Waals surface area contributed by atoms with Gasteiger partial charge in [0, 0.05) is 7.05 Å². The van der Waals surface area contributed by atoms with Crippen molar-refractivity contribution in [2.24, 2.45) is 5.92 Å². The summed E-state index contributed by atoms with van der Waals surface area (Å²) in [5, 5.41) is 12.5. The maximum atomic E-state index is 12.2. The van der Waals surface area contributed by atoms with Gasteiger partial charge < -0.3 is 15.3 Å². The van der Waals surface area contributed by atoms with E-state index >= 15 is 0 Å². The zero-order valence-corrected chi connectivity index (χ0v) is 10.8. The van der Waals surface area contributed by atoms with Gasteiger partial charge in [0.15, 0.2) is 0 Å². The smallest absolute Gasteiger partial charge is 0.239 e. The fourth-order valence-corrected chi connectivity index (χ4v) is 1.93. The van der Waals surface area contributed by atoms with E-state index in [9.17, 15) is 9.90 Å². The number of likely N-dealkylation sites (N-methyl/N-ethyl adjacent to an activating group) is 1. The van der Waals surface area contributed by atoms with E-state index in [0.717, 1.165) is 19.4 Å². The first-order valence-corrected chi connectivity index (χ1v) is 6.00. The monoisotopic (exact) mass is 228 g/mol. The Morgan fingerprint density at radius 2 is 2.19 bits per heavy atom. The largest absolute Gasteiger partial charge is 0.394 e. The maximum absolute atomic E-state index is 12.2. The second-order valence-electron chi connectivity index (χ2n) is 5.50. The standard InChI is InChI=1S/C12H24N2O2/c1-9-5-6-13-10(7-9)11(16)14(4)12(2,3)8-15/h9-10,13,15H,5-8H2,1-4H3. The minimum atomic E-state index is -0.487. The van der Waals surface area contributed by atoms with Gasteiger partial charge >= 0.3 is 0 Å². The summed E-state index contributed by atoms with van der Waals surface area (Å²) in [6, 6.07) is -0.0837. The van der Waals surface area contributed by atoms with Gasteiger partial charge in [-0.15, -0.1) is 0 Å². The third kappa shape index (κ3) is 2.95. The van der Waals surface area contributed by atoms with Crippen molar-refractivity contribution in [3.8, 4) is 0 Å². The molecule has 0 aliphatic carbocycles. The molecule has 0 saturated carbocycles. The van der Waals surface area contributed by atoms with Crippen molar-refractivity contribution in [1.29, 1.82) is 0 Å².